The van der Waals surface area contributed by atoms with Crippen molar-refractivity contribution in [2.75, 3.05) is 27.3 Å². The number of hydrogen-bond acceptors (Lipinski definition) is 5. The van der Waals surface area contributed by atoms with Crippen LogP contribution in [0, 0.1) is 0 Å². The third-order valence-electron chi connectivity index (χ3n) is 1.58. The van der Waals surface area contributed by atoms with Gasteiger partial charge in [-0.25, -0.2) is 0 Å². The molecule has 0 rings (SSSR count). The van der Waals surface area contributed by atoms with Crippen LogP contribution in [0.5, 0.6) is 0 Å². The first-order valence-corrected chi connectivity index (χ1v) is 4.10. The highest BCUT2D eigenvalue weighted by atomic mass is 16.5. The lowest BCUT2D eigenvalue weighted by Crippen LogP contribution is -2.39. The van der Waals surface area contributed by atoms with Crippen molar-refractivity contribution in [2.24, 2.45) is 0 Å². The molecule has 0 N–H and O–H groups in total. The summed E-state index contributed by atoms with van der Waals surface area (Å²) in [6, 6.07) is 0. The molecule has 0 atom stereocenters. The van der Waals surface area contributed by atoms with Crippen LogP contribution in [0.2, 0.25) is 0 Å². The van der Waals surface area contributed by atoms with Gasteiger partial charge in [0.05, 0.1) is 14.2 Å². The van der Waals surface area contributed by atoms with E-state index in [1.807, 2.05) is 0 Å². The van der Waals surface area contributed by atoms with Crippen LogP contribution in [0.4, 0.5) is 0 Å². The first kappa shape index (κ1) is 13.2. The van der Waals surface area contributed by atoms with Crippen LogP contribution < -0.4 is 0 Å². The van der Waals surface area contributed by atoms with Gasteiger partial charge in [0.1, 0.15) is 13.1 Å². The van der Waals surface area contributed by atoms with Crippen molar-refractivity contribution >= 4 is 17.8 Å². The Labute approximate surface area is 87.4 Å². The van der Waals surface area contributed by atoms with E-state index < -0.39 is 17.8 Å². The highest BCUT2D eigenvalue weighted by molar-refractivity contribution is 5.92. The number of carbonyl (C=O) groups excluding carboxylic acids is 3. The second kappa shape index (κ2) is 6.58. The number of esters is 2. The Morgan fingerprint density at radius 3 is 1.80 bits per heavy atom. The summed E-state index contributed by atoms with van der Waals surface area (Å²) in [5.74, 6) is -1.77. The van der Waals surface area contributed by atoms with Crippen LogP contribution >= 0.6 is 0 Å². The molecule has 6 nitrogen and oxygen atoms in total. The van der Waals surface area contributed by atoms with Gasteiger partial charge in [0.25, 0.3) is 0 Å². The minimum atomic E-state index is -0.617. The number of rotatable bonds is 5. The smallest absolute Gasteiger partial charge is 0.325 e. The summed E-state index contributed by atoms with van der Waals surface area (Å²) in [5.41, 5.74) is 0. The van der Waals surface area contributed by atoms with Crippen LogP contribution in [0.15, 0.2) is 12.7 Å². The van der Waals surface area contributed by atoms with Gasteiger partial charge in [0.2, 0.25) is 5.91 Å². The number of hydrogen-bond donors (Lipinski definition) is 0. The fourth-order valence-corrected chi connectivity index (χ4v) is 0.782. The average molecular weight is 215 g/mol. The van der Waals surface area contributed by atoms with E-state index in [2.05, 4.69) is 16.1 Å². The Morgan fingerprint density at radius 1 is 1.13 bits per heavy atom. The molecule has 1 amide bonds. The Morgan fingerprint density at radius 2 is 1.53 bits per heavy atom. The molecule has 0 spiro atoms. The van der Waals surface area contributed by atoms with Crippen molar-refractivity contribution in [3.8, 4) is 0 Å². The van der Waals surface area contributed by atoms with Gasteiger partial charge >= 0.3 is 11.9 Å². The molecule has 0 aromatic rings. The van der Waals surface area contributed by atoms with E-state index in [1.54, 1.807) is 0 Å². The van der Waals surface area contributed by atoms with E-state index in [-0.39, 0.29) is 13.1 Å². The zero-order valence-electron chi connectivity index (χ0n) is 8.69. The van der Waals surface area contributed by atoms with Crippen LogP contribution in [0.25, 0.3) is 0 Å². The lowest BCUT2D eigenvalue weighted by Gasteiger charge is -2.17. The second-order valence-corrected chi connectivity index (χ2v) is 2.55. The molecular formula is C9H13NO5. The van der Waals surface area contributed by atoms with Crippen molar-refractivity contribution < 1.29 is 23.9 Å². The molecule has 0 saturated carbocycles. The summed E-state index contributed by atoms with van der Waals surface area (Å²) >= 11 is 0. The molecule has 0 aliphatic rings. The van der Waals surface area contributed by atoms with Crippen molar-refractivity contribution in [3.05, 3.63) is 12.7 Å². The lowest BCUT2D eigenvalue weighted by molar-refractivity contribution is -0.150. The van der Waals surface area contributed by atoms with E-state index in [0.717, 1.165) is 11.0 Å². The fraction of sp³-hybridized carbons (Fsp3) is 0.444. The minimum Gasteiger partial charge on any atom is -0.468 e. The van der Waals surface area contributed by atoms with E-state index in [0.29, 0.717) is 0 Å². The van der Waals surface area contributed by atoms with Gasteiger partial charge in [-0.1, -0.05) is 6.58 Å². The second-order valence-electron chi connectivity index (χ2n) is 2.55. The monoisotopic (exact) mass is 215 g/mol. The number of amides is 1. The molecule has 0 radical (unpaired) electrons. The largest absolute Gasteiger partial charge is 0.468 e. The standard InChI is InChI=1S/C9H13NO5/c1-4-7(11)10(5-8(12)14-2)6-9(13)15-3/h4H,1,5-6H2,2-3H3. The predicted octanol–water partition coefficient (Wildman–Crippen LogP) is -0.653. The maximum atomic E-state index is 11.2. The van der Waals surface area contributed by atoms with Crippen LogP contribution in [0.3, 0.4) is 0 Å². The molecule has 0 saturated heterocycles. The lowest BCUT2D eigenvalue weighted by atomic mass is 10.4. The van der Waals surface area contributed by atoms with Gasteiger partial charge in [-0.05, 0) is 6.08 Å². The first-order valence-electron chi connectivity index (χ1n) is 4.10. The summed E-state index contributed by atoms with van der Waals surface area (Å²) in [5, 5.41) is 0. The topological polar surface area (TPSA) is 72.9 Å². The molecule has 6 heteroatoms. The van der Waals surface area contributed by atoms with Gasteiger partial charge in [0, 0.05) is 0 Å². The van der Waals surface area contributed by atoms with Crippen molar-refractivity contribution in [3.63, 3.8) is 0 Å². The summed E-state index contributed by atoms with van der Waals surface area (Å²) < 4.78 is 8.74. The molecule has 84 valence electrons. The zero-order valence-corrected chi connectivity index (χ0v) is 8.69. The van der Waals surface area contributed by atoms with Crippen molar-refractivity contribution in [1.82, 2.24) is 4.90 Å². The average Bonchev–Trinajstić information content (AvgIpc) is 2.26. The van der Waals surface area contributed by atoms with Crippen LogP contribution in [-0.2, 0) is 23.9 Å². The predicted molar refractivity (Wildman–Crippen MR) is 50.8 cm³/mol. The molecule has 0 fully saturated rings. The molecule has 0 aliphatic carbocycles. The van der Waals surface area contributed by atoms with E-state index in [1.165, 1.54) is 14.2 Å². The molecule has 0 aliphatic heterocycles. The summed E-state index contributed by atoms with van der Waals surface area (Å²) in [6.07, 6.45) is 1.01. The van der Waals surface area contributed by atoms with E-state index in [9.17, 15) is 14.4 Å². The number of carbonyl (C=O) groups is 3. The number of methoxy groups -OCH3 is 2. The molecular weight excluding hydrogens is 202 g/mol. The van der Waals surface area contributed by atoms with Crippen molar-refractivity contribution in [2.45, 2.75) is 0 Å². The summed E-state index contributed by atoms with van der Waals surface area (Å²) in [7, 11) is 2.38. The molecule has 15 heavy (non-hydrogen) atoms. The maximum absolute atomic E-state index is 11.2. The van der Waals surface area contributed by atoms with Gasteiger partial charge < -0.3 is 14.4 Å². The Hall–Kier alpha value is -1.85. The van der Waals surface area contributed by atoms with E-state index in [4.69, 9.17) is 0 Å². The summed E-state index contributed by atoms with van der Waals surface area (Å²) in [4.78, 5) is 34.0. The minimum absolute atomic E-state index is 0.309. The Kier molecular flexibility index (Phi) is 5.77. The van der Waals surface area contributed by atoms with Gasteiger partial charge in [0.15, 0.2) is 0 Å². The number of ether oxygens (including phenoxy) is 2. The molecule has 0 aromatic carbocycles. The van der Waals surface area contributed by atoms with E-state index >= 15 is 0 Å². The van der Waals surface area contributed by atoms with Crippen LogP contribution in [-0.4, -0.2) is 50.1 Å². The zero-order chi connectivity index (χ0) is 11.8. The first-order chi connectivity index (χ1) is 7.04. The SMILES string of the molecule is C=CC(=O)N(CC(=O)OC)CC(=O)OC. The fourth-order valence-electron chi connectivity index (χ4n) is 0.782. The molecule has 0 unspecified atom stereocenters. The van der Waals surface area contributed by atoms with Gasteiger partial charge in [-0.15, -0.1) is 0 Å². The maximum Gasteiger partial charge on any atom is 0.325 e. The van der Waals surface area contributed by atoms with Crippen molar-refractivity contribution in [1.29, 1.82) is 0 Å². The van der Waals surface area contributed by atoms with Gasteiger partial charge in [-0.2, -0.15) is 0 Å². The Balaban J connectivity index is 4.44. The molecule has 0 heterocycles. The normalized spacial score (nSPS) is 8.93. The third kappa shape index (κ3) is 4.80. The van der Waals surface area contributed by atoms with Crippen LogP contribution in [0.1, 0.15) is 0 Å². The number of nitrogens with zero attached hydrogens (tertiary/aromatic N) is 1. The quantitative estimate of drug-likeness (QED) is 0.450. The third-order valence-corrected chi connectivity index (χ3v) is 1.58. The summed E-state index contributed by atoms with van der Waals surface area (Å²) in [6.45, 7) is 2.63. The molecule has 0 bridgehead atoms. The highest BCUT2D eigenvalue weighted by Crippen LogP contribution is 1.93. The molecule has 0 aromatic heterocycles. The van der Waals surface area contributed by atoms with Gasteiger partial charge in [-0.3, -0.25) is 14.4 Å². The Bertz CT molecular complexity index is 256. The highest BCUT2D eigenvalue weighted by Gasteiger charge is 2.18.